The molecule has 0 radical (unpaired) electrons. The summed E-state index contributed by atoms with van der Waals surface area (Å²) in [5, 5.41) is 44.1. The molecule has 0 bridgehead atoms. The molecule has 0 saturated heterocycles. The average Bonchev–Trinajstić information content (AvgIpc) is 1.42. The molecule has 114 heavy (non-hydrogen) atoms. The van der Waals surface area contributed by atoms with Crippen LogP contribution in [0, 0.1) is 57.2 Å². The maximum atomic E-state index is 14.5. The number of allylic oxidation sites excluding steroid dienone is 6. The summed E-state index contributed by atoms with van der Waals surface area (Å²) in [6.07, 6.45) is 37.8. The van der Waals surface area contributed by atoms with Gasteiger partial charge in [-0.25, -0.2) is 0 Å². The number of carbonyl (C=O) groups excluding carboxylic acids is 2. The highest BCUT2D eigenvalue weighted by Crippen LogP contribution is 2.58. The molecule has 3 aromatic carbocycles. The third-order valence-corrected chi connectivity index (χ3v) is 33.0. The zero-order valence-electron chi connectivity index (χ0n) is 67.8. The number of nitriles is 4. The van der Waals surface area contributed by atoms with E-state index in [0.29, 0.717) is 56.4 Å². The smallest absolute Gasteiger partial charge is 0.194 e. The third-order valence-electron chi connectivity index (χ3n) is 23.1. The highest BCUT2D eigenvalue weighted by atomic mass is 32.1. The first-order valence-electron chi connectivity index (χ1n) is 42.4. The van der Waals surface area contributed by atoms with Crippen LogP contribution in [0.4, 0.5) is 0 Å². The van der Waals surface area contributed by atoms with Gasteiger partial charge in [-0.3, -0.25) is 9.59 Å². The summed E-state index contributed by atoms with van der Waals surface area (Å²) in [4.78, 5) is 46.7. The Kier molecular flexibility index (Phi) is 29.7. The number of hydrogen-bond donors (Lipinski definition) is 0. The standard InChI is InChI=1S/C100H106N4O2S8/c1-9-17-23-27-37-65-51-73(55-79-89(69(59-101)60-102)75-41-31-33-43-77(75)93(79)105)109-95(65)85-53-67(39-29-25-19-11-3)97(111-85)87-57-81-91(83-47-45-71(107-83)49-63(15-7)35-21-13-5)100-82(92(99(81)113-87)84-48-46-72(108-84)50-64(16-8)36-22-14-6)58-88(114-100)98-68(40-30-26-20-12-4)54-86(112-98)96-66(38-28-24-18-10-2)52-74(110-96)56-80-90(70(61-103)62-104)76-42-32-34-44-78(76)94(80)106/h31-34,41-48,51-58,63-64H,9-30,35-40,49-50H2,1-8H3. The van der Waals surface area contributed by atoms with Crippen molar-refractivity contribution in [1.29, 1.82) is 21.0 Å². The summed E-state index contributed by atoms with van der Waals surface area (Å²) < 4.78 is 2.69. The Bertz CT molecular complexity index is 5170. The van der Waals surface area contributed by atoms with E-state index in [1.807, 2.05) is 129 Å². The van der Waals surface area contributed by atoms with Crippen LogP contribution in [0.5, 0.6) is 0 Å². The molecule has 0 fully saturated rings. The van der Waals surface area contributed by atoms with E-state index < -0.39 is 0 Å². The minimum absolute atomic E-state index is 0.0438. The maximum absolute atomic E-state index is 14.5. The number of carbonyl (C=O) groups is 2. The van der Waals surface area contributed by atoms with Crippen LogP contribution in [0.15, 0.2) is 131 Å². The number of nitrogens with zero attached hydrogens (tertiary/aromatic N) is 4. The van der Waals surface area contributed by atoms with Gasteiger partial charge in [0.15, 0.2) is 11.6 Å². The van der Waals surface area contributed by atoms with Gasteiger partial charge in [-0.2, -0.15) is 21.0 Å². The molecule has 11 aromatic rings. The van der Waals surface area contributed by atoms with E-state index in [1.54, 1.807) is 22.7 Å². The molecule has 2 unspecified atom stereocenters. The second-order valence-corrected chi connectivity index (χ2v) is 39.9. The zero-order chi connectivity index (χ0) is 79.8. The Morgan fingerprint density at radius 2 is 0.684 bits per heavy atom. The van der Waals surface area contributed by atoms with Crippen molar-refractivity contribution in [3.05, 3.63) is 196 Å². The minimum atomic E-state index is -0.151. The molecule has 586 valence electrons. The Morgan fingerprint density at radius 1 is 0.351 bits per heavy atom. The molecular formula is C100H106N4O2S8. The Labute approximate surface area is 709 Å². The number of Topliss-reactive ketones (excluding diaryl/α,β-unsaturated/α-hetero) is 2. The highest BCUT2D eigenvalue weighted by molar-refractivity contribution is 7.31. The van der Waals surface area contributed by atoms with Crippen LogP contribution in [0.2, 0.25) is 0 Å². The van der Waals surface area contributed by atoms with Crippen LogP contribution in [0.1, 0.15) is 283 Å². The molecule has 2 aliphatic rings. The van der Waals surface area contributed by atoms with Gasteiger partial charge < -0.3 is 0 Å². The van der Waals surface area contributed by atoms with Crippen LogP contribution >= 0.6 is 90.7 Å². The van der Waals surface area contributed by atoms with E-state index in [2.05, 4.69) is 140 Å². The number of unbranched alkanes of at least 4 members (excludes halogenated alkanes) is 14. The number of rotatable bonds is 40. The summed E-state index contributed by atoms with van der Waals surface area (Å²) in [5.41, 5.74) is 12.0. The molecule has 0 amide bonds. The number of hydrogen-bond acceptors (Lipinski definition) is 14. The molecule has 6 nitrogen and oxygen atoms in total. The molecule has 2 aliphatic carbocycles. The molecule has 0 aliphatic heterocycles. The van der Waals surface area contributed by atoms with Gasteiger partial charge in [0, 0.05) is 133 Å². The predicted molar refractivity (Wildman–Crippen MR) is 496 cm³/mol. The fraction of sp³-hybridized carbons (Fsp3) is 0.400. The minimum Gasteiger partial charge on any atom is -0.289 e. The van der Waals surface area contributed by atoms with Crippen LogP contribution < -0.4 is 0 Å². The molecule has 0 N–H and O–H groups in total. The van der Waals surface area contributed by atoms with Crippen molar-refractivity contribution >= 4 is 146 Å². The molecule has 14 heteroatoms. The van der Waals surface area contributed by atoms with Crippen molar-refractivity contribution in [3.63, 3.8) is 0 Å². The molecule has 0 spiro atoms. The lowest BCUT2D eigenvalue weighted by molar-refractivity contribution is 0.103. The SMILES string of the molecule is CCCCCCc1cc(C=C2C(=O)c3ccccc3C2=C(C#N)C#N)sc1-c1cc(CCCCCC)c(-c2cc3c(-c4ccc(CC(CC)CCCC)s4)c4sc(-c5sc(-c6sc(C=C7C(=O)c8ccccc8C7=C(C#N)C#N)cc6CCCCCC)cc5CCCCCC)cc4c(-c4ccc(CC(CC)CCCC)s4)c3s2)s1. The molecule has 2 atom stereocenters. The molecule has 8 aromatic heterocycles. The second-order valence-electron chi connectivity index (χ2n) is 31.2. The Morgan fingerprint density at radius 3 is 1.03 bits per heavy atom. The third kappa shape index (κ3) is 18.5. The van der Waals surface area contributed by atoms with E-state index in [0.717, 1.165) is 112 Å². The predicted octanol–water partition coefficient (Wildman–Crippen LogP) is 32.7. The summed E-state index contributed by atoms with van der Waals surface area (Å²) in [7, 11) is 0. The summed E-state index contributed by atoms with van der Waals surface area (Å²) >= 11 is 15.4. The van der Waals surface area contributed by atoms with Gasteiger partial charge in [-0.1, -0.05) is 232 Å². The van der Waals surface area contributed by atoms with Crippen molar-refractivity contribution in [1.82, 2.24) is 0 Å². The molecular weight excluding hydrogens is 1550 g/mol. The van der Waals surface area contributed by atoms with E-state index in [1.165, 1.54) is 202 Å². The summed E-state index contributed by atoms with van der Waals surface area (Å²) in [5.74, 6) is 0.955. The Hall–Kier alpha value is -7.96. The van der Waals surface area contributed by atoms with Crippen LogP contribution in [0.3, 0.4) is 0 Å². The monoisotopic (exact) mass is 1650 g/mol. The van der Waals surface area contributed by atoms with Crippen LogP contribution in [-0.4, -0.2) is 11.6 Å². The number of fused-ring (bicyclic) bond motifs is 4. The second kappa shape index (κ2) is 40.3. The van der Waals surface area contributed by atoms with Crippen molar-refractivity contribution in [3.8, 4) is 84.2 Å². The van der Waals surface area contributed by atoms with Gasteiger partial charge in [0.05, 0.1) is 0 Å². The van der Waals surface area contributed by atoms with Crippen molar-refractivity contribution in [2.24, 2.45) is 11.8 Å². The zero-order valence-corrected chi connectivity index (χ0v) is 74.3. The summed E-state index contributed by atoms with van der Waals surface area (Å²) in [6, 6.07) is 48.1. The lowest BCUT2D eigenvalue weighted by Gasteiger charge is -2.13. The lowest BCUT2D eigenvalue weighted by Crippen LogP contribution is -2.01. The average molecular weight is 1650 g/mol. The number of ketones is 2. The van der Waals surface area contributed by atoms with Crippen molar-refractivity contribution in [2.45, 2.75) is 248 Å². The number of aryl methyl sites for hydroxylation is 4. The van der Waals surface area contributed by atoms with Gasteiger partial charge in [0.25, 0.3) is 0 Å². The van der Waals surface area contributed by atoms with E-state index in [9.17, 15) is 30.6 Å². The summed E-state index contributed by atoms with van der Waals surface area (Å²) in [6.45, 7) is 18.5. The first kappa shape index (κ1) is 84.0. The normalized spacial score (nSPS) is 13.9. The quantitative estimate of drug-likeness (QED) is 0.0214. The molecule has 8 heterocycles. The van der Waals surface area contributed by atoms with Gasteiger partial charge >= 0.3 is 0 Å². The lowest BCUT2D eigenvalue weighted by atomic mass is 9.95. The van der Waals surface area contributed by atoms with E-state index in [-0.39, 0.29) is 22.7 Å². The van der Waals surface area contributed by atoms with Crippen LogP contribution in [0.25, 0.3) is 103 Å². The fourth-order valence-electron chi connectivity index (χ4n) is 16.8. The maximum Gasteiger partial charge on any atom is 0.194 e. The van der Waals surface area contributed by atoms with Gasteiger partial charge in [-0.05, 0) is 182 Å². The topological polar surface area (TPSA) is 129 Å². The highest BCUT2D eigenvalue weighted by Gasteiger charge is 2.36. The van der Waals surface area contributed by atoms with E-state index >= 15 is 0 Å². The molecule has 0 saturated carbocycles. The Balaban J connectivity index is 1.03. The largest absolute Gasteiger partial charge is 0.289 e. The van der Waals surface area contributed by atoms with Crippen molar-refractivity contribution < 1.29 is 9.59 Å². The van der Waals surface area contributed by atoms with E-state index in [4.69, 9.17) is 0 Å². The van der Waals surface area contributed by atoms with Crippen LogP contribution in [-0.2, 0) is 38.5 Å². The fourth-order valence-corrected chi connectivity index (χ4v) is 27.1. The number of benzene rings is 3. The molecule has 13 rings (SSSR count). The van der Waals surface area contributed by atoms with Gasteiger partial charge in [0.1, 0.15) is 35.4 Å². The first-order valence-corrected chi connectivity index (χ1v) is 48.9. The van der Waals surface area contributed by atoms with Crippen molar-refractivity contribution in [2.75, 3.05) is 0 Å². The van der Waals surface area contributed by atoms with Gasteiger partial charge in [-0.15, -0.1) is 90.7 Å². The first-order chi connectivity index (χ1) is 55.8. The van der Waals surface area contributed by atoms with Gasteiger partial charge in [0.2, 0.25) is 0 Å². The number of thiophene rings is 8.